The molecule has 11 atom stereocenters. The van der Waals surface area contributed by atoms with Gasteiger partial charge in [0, 0.05) is 116 Å². The van der Waals surface area contributed by atoms with Crippen LogP contribution < -0.4 is 31.9 Å². The maximum absolute atomic E-state index is 14.6. The number of aliphatic hydroxyl groups excluding tert-OH is 10. The summed E-state index contributed by atoms with van der Waals surface area (Å²) in [5, 5.41) is 154. The second kappa shape index (κ2) is 43.6. The van der Waals surface area contributed by atoms with E-state index < -0.39 is 211 Å². The summed E-state index contributed by atoms with van der Waals surface area (Å²) >= 11 is 0. The minimum absolute atomic E-state index is 0.0137. The number of hydrogen-bond acceptors (Lipinski definition) is 27. The lowest BCUT2D eigenvalue weighted by atomic mass is 10.0. The van der Waals surface area contributed by atoms with Gasteiger partial charge in [-0.2, -0.15) is 0 Å². The van der Waals surface area contributed by atoms with Crippen LogP contribution >= 0.6 is 0 Å². The number of aromatic nitrogens is 2. The van der Waals surface area contributed by atoms with E-state index >= 15 is 0 Å². The maximum atomic E-state index is 14.6. The van der Waals surface area contributed by atoms with Crippen molar-refractivity contribution in [2.24, 2.45) is 0 Å². The van der Waals surface area contributed by atoms with Gasteiger partial charge in [-0.25, -0.2) is 4.98 Å². The zero-order chi connectivity index (χ0) is 76.7. The molecule has 1 fully saturated rings. The van der Waals surface area contributed by atoms with E-state index in [9.17, 15) is 124 Å². The Morgan fingerprint density at radius 3 is 1.54 bits per heavy atom. The highest BCUT2D eigenvalue weighted by molar-refractivity contribution is 5.96. The van der Waals surface area contributed by atoms with Crippen molar-refractivity contribution < 1.29 is 124 Å². The van der Waals surface area contributed by atoms with Gasteiger partial charge in [0.15, 0.2) is 0 Å². The molecule has 39 nitrogen and oxygen atoms in total. The Morgan fingerprint density at radius 1 is 0.567 bits per heavy atom. The monoisotopic (exact) mass is 1480 g/mol. The second-order valence-electron chi connectivity index (χ2n) is 25.7. The molecule has 0 unspecified atom stereocenters. The number of carboxylic acid groups (broad SMARTS) is 4. The minimum Gasteiger partial charge on any atom is -0.481 e. The molecule has 0 aliphatic carbocycles. The summed E-state index contributed by atoms with van der Waals surface area (Å²) < 4.78 is 0. The van der Waals surface area contributed by atoms with Crippen molar-refractivity contribution in [3.05, 3.63) is 59.4 Å². The number of carbonyl (C=O) groups excluding carboxylic acids is 7. The van der Waals surface area contributed by atoms with E-state index in [1.807, 2.05) is 24.3 Å². The zero-order valence-electron chi connectivity index (χ0n) is 57.8. The molecule has 0 bridgehead atoms. The quantitative estimate of drug-likeness (QED) is 0.0234. The average molecular weight is 1480 g/mol. The Morgan fingerprint density at radius 2 is 1.05 bits per heavy atom. The number of nitrogens with zero attached hydrogens (tertiary/aromatic N) is 7. The third kappa shape index (κ3) is 29.1. The molecule has 580 valence electrons. The van der Waals surface area contributed by atoms with E-state index in [0.717, 1.165) is 11.0 Å². The van der Waals surface area contributed by atoms with Gasteiger partial charge in [-0.15, -0.1) is 0 Å². The van der Waals surface area contributed by atoms with E-state index in [2.05, 4.69) is 41.9 Å². The van der Waals surface area contributed by atoms with Crippen LogP contribution in [0.5, 0.6) is 0 Å². The first-order valence-corrected chi connectivity index (χ1v) is 34.1. The molecule has 0 saturated carbocycles. The number of hydrogen-bond donors (Lipinski definition) is 21. The van der Waals surface area contributed by atoms with E-state index in [1.165, 1.54) is 29.4 Å². The van der Waals surface area contributed by atoms with Crippen molar-refractivity contribution >= 4 is 81.9 Å². The molecule has 21 N–H and O–H groups in total. The summed E-state index contributed by atoms with van der Waals surface area (Å²) in [6.45, 7) is -5.02. The fraction of sp³-hybridized carbons (Fsp3) is 0.631. The van der Waals surface area contributed by atoms with Gasteiger partial charge in [-0.05, 0) is 61.6 Å². The number of para-hydroxylation sites is 2. The van der Waals surface area contributed by atoms with Gasteiger partial charge in [-0.3, -0.25) is 72.3 Å². The van der Waals surface area contributed by atoms with Gasteiger partial charge >= 0.3 is 23.9 Å². The van der Waals surface area contributed by atoms with Crippen LogP contribution in [-0.2, 0) is 61.0 Å². The number of fused-ring (bicyclic) bond motifs is 2. The molecule has 3 heterocycles. The van der Waals surface area contributed by atoms with Crippen molar-refractivity contribution in [2.75, 3.05) is 130 Å². The topological polar surface area (TPSA) is 591 Å². The number of amides is 7. The summed E-state index contributed by atoms with van der Waals surface area (Å²) in [7, 11) is 1.62. The molecular formula is C65H100N14O25. The summed E-state index contributed by atoms with van der Waals surface area (Å²) in [6.07, 6.45) is -17.1. The SMILES string of the molecule is CN(Cc1nc2ccccc2[nH]1)C(=O)c1ccc2c(c1)CN(CCCCCCNC(=O)[C@H](CCC(=O)NC[C@@H](O)[C@H](O)[C@@H](O)[C@H](O)CO)NC(=O)[C@H](CCC(=O)NC[C@H](O)[C@@H](O)[C@H](O)[C@@H](O)CO)NC(=O)CN1CCN(CC(=O)O)CCN(CC(=O)O)CCN(CC(=O)O)CC1)C(=O)[C@H](CC(=O)O)N2. The van der Waals surface area contributed by atoms with E-state index in [0.29, 0.717) is 48.3 Å². The fourth-order valence-corrected chi connectivity index (χ4v) is 11.5. The first-order chi connectivity index (χ1) is 49.3. The zero-order valence-corrected chi connectivity index (χ0v) is 57.8. The molecule has 2 aliphatic heterocycles. The number of H-pyrrole nitrogens is 1. The van der Waals surface area contributed by atoms with E-state index in [1.54, 1.807) is 25.2 Å². The predicted molar refractivity (Wildman–Crippen MR) is 364 cm³/mol. The standard InChI is InChI=1S/C65H100N14O25/c1-74(31-50-70-41-8-4-5-9-42(41)71-50)64(103)38-10-11-40-39(26-38)30-79(65(104)45(69-40)27-54(89)90)17-7-3-2-6-16-66-62(101)43(12-14-51(86)67-28-46(82)58(97)60(99)48(84)36-80)73-63(102)44(13-15-52(87)68-29-47(83)59(98)61(100)49(85)37-81)72-53(88)32-75-18-20-76(33-55(91)92)22-24-78(35-57(95)96)25-23-77(21-19-75)34-56(93)94/h4-5,8-11,26,43-49,58-61,69,80-85,97-100H,2-3,6-7,12-25,27-37H2,1H3,(H,66,101)(H,67,86)(H,68,87)(H,70,71)(H,72,88)(H,73,102)(H,89,90)(H,91,92)(H,93,94)(H,95,96)/t43-,44-,45-,46+,47-,48+,49-,58-,59+,60-,61+/m0/s1. The number of aliphatic hydroxyl groups is 10. The largest absolute Gasteiger partial charge is 0.481 e. The van der Waals surface area contributed by atoms with Crippen LogP contribution in [0, 0.1) is 0 Å². The molecule has 1 saturated heterocycles. The Bertz CT molecular complexity index is 3270. The predicted octanol–water partition coefficient (Wildman–Crippen LogP) is -7.78. The Balaban J connectivity index is 1.32. The van der Waals surface area contributed by atoms with Gasteiger partial charge in [0.1, 0.15) is 60.6 Å². The number of nitrogens with one attached hydrogen (secondary N) is 7. The second-order valence-corrected chi connectivity index (χ2v) is 25.7. The smallest absolute Gasteiger partial charge is 0.317 e. The Kier molecular flexibility index (Phi) is 36.0. The highest BCUT2D eigenvalue weighted by atomic mass is 16.4. The van der Waals surface area contributed by atoms with Crippen LogP contribution in [0.3, 0.4) is 0 Å². The van der Waals surface area contributed by atoms with E-state index in [4.69, 9.17) is 0 Å². The number of carbonyl (C=O) groups is 11. The van der Waals surface area contributed by atoms with Gasteiger partial charge in [0.2, 0.25) is 35.4 Å². The number of anilines is 1. The van der Waals surface area contributed by atoms with Crippen LogP contribution in [0.15, 0.2) is 42.5 Å². The molecule has 5 rings (SSSR count). The lowest BCUT2D eigenvalue weighted by Gasteiger charge is -2.33. The highest BCUT2D eigenvalue weighted by Gasteiger charge is 2.35. The van der Waals surface area contributed by atoms with Crippen LogP contribution in [0.4, 0.5) is 5.69 Å². The van der Waals surface area contributed by atoms with Gasteiger partial charge in [-0.1, -0.05) is 25.0 Å². The Labute approximate surface area is 597 Å². The summed E-state index contributed by atoms with van der Waals surface area (Å²) in [5.74, 6) is -9.80. The normalized spacial score (nSPS) is 18.2. The molecular weight excluding hydrogens is 1380 g/mol. The number of benzene rings is 2. The molecule has 0 radical (unpaired) electrons. The number of aliphatic carboxylic acids is 4. The lowest BCUT2D eigenvalue weighted by molar-refractivity contribution is -0.141. The van der Waals surface area contributed by atoms with Crippen molar-refractivity contribution in [3.63, 3.8) is 0 Å². The molecule has 3 aromatic rings. The number of imidazole rings is 1. The average Bonchev–Trinajstić information content (AvgIpc) is 1.62. The number of rotatable bonds is 42. The first-order valence-electron chi connectivity index (χ1n) is 34.1. The van der Waals surface area contributed by atoms with E-state index in [-0.39, 0.29) is 84.4 Å². The Hall–Kier alpha value is -8.68. The molecule has 1 aromatic heterocycles. The lowest BCUT2D eigenvalue weighted by Crippen LogP contribution is -2.56. The molecule has 0 spiro atoms. The molecule has 2 aliphatic rings. The number of unbranched alkanes of at least 4 members (excludes halogenated alkanes) is 3. The summed E-state index contributed by atoms with van der Waals surface area (Å²) in [4.78, 5) is 162. The molecule has 7 amide bonds. The third-order valence-corrected chi connectivity index (χ3v) is 17.5. The van der Waals surface area contributed by atoms with Crippen LogP contribution in [0.1, 0.15) is 79.5 Å². The molecule has 39 heteroatoms. The van der Waals surface area contributed by atoms with Crippen molar-refractivity contribution in [1.29, 1.82) is 0 Å². The number of aromatic amines is 1. The third-order valence-electron chi connectivity index (χ3n) is 17.5. The molecule has 2 aromatic carbocycles. The maximum Gasteiger partial charge on any atom is 0.317 e. The van der Waals surface area contributed by atoms with Crippen LogP contribution in [0.25, 0.3) is 11.0 Å². The summed E-state index contributed by atoms with van der Waals surface area (Å²) in [6, 6.07) is 7.73. The minimum atomic E-state index is -2.08. The van der Waals surface area contributed by atoms with Crippen LogP contribution in [0.2, 0.25) is 0 Å². The van der Waals surface area contributed by atoms with Gasteiger partial charge < -0.3 is 118 Å². The number of carboxylic acids is 4. The fourth-order valence-electron chi connectivity index (χ4n) is 11.5. The molecule has 104 heavy (non-hydrogen) atoms. The van der Waals surface area contributed by atoms with Crippen molar-refractivity contribution in [2.45, 2.75) is 138 Å². The van der Waals surface area contributed by atoms with Crippen LogP contribution in [-0.4, -0.2) is 368 Å². The summed E-state index contributed by atoms with van der Waals surface area (Å²) in [5.41, 5.74) is 2.86. The van der Waals surface area contributed by atoms with Gasteiger partial charge in [0.25, 0.3) is 5.91 Å². The van der Waals surface area contributed by atoms with Crippen molar-refractivity contribution in [1.82, 2.24) is 66.0 Å². The first kappa shape index (κ1) is 86.0. The highest BCUT2D eigenvalue weighted by Crippen LogP contribution is 2.27. The van der Waals surface area contributed by atoms with Crippen molar-refractivity contribution in [3.8, 4) is 0 Å². The van der Waals surface area contributed by atoms with Gasteiger partial charge in [0.05, 0.1) is 75.6 Å².